The van der Waals surface area contributed by atoms with Gasteiger partial charge in [-0.25, -0.2) is 4.98 Å². The Bertz CT molecular complexity index is 482. The van der Waals surface area contributed by atoms with Gasteiger partial charge in [0.05, 0.1) is 17.7 Å². The molecule has 0 atom stereocenters. The zero-order valence-electron chi connectivity index (χ0n) is 11.6. The molecule has 0 amide bonds. The molecule has 0 saturated heterocycles. The second-order valence-corrected chi connectivity index (χ2v) is 5.36. The van der Waals surface area contributed by atoms with Crippen LogP contribution in [0.5, 0.6) is 0 Å². The van der Waals surface area contributed by atoms with Crippen LogP contribution in [0.15, 0.2) is 35.2 Å². The first-order valence-corrected chi connectivity index (χ1v) is 7.62. The van der Waals surface area contributed by atoms with Gasteiger partial charge >= 0.3 is 0 Å². The van der Waals surface area contributed by atoms with E-state index in [1.807, 2.05) is 5.51 Å². The van der Waals surface area contributed by atoms with Gasteiger partial charge < -0.3 is 10.2 Å². The first-order valence-electron chi connectivity index (χ1n) is 6.68. The molecule has 1 N–H and O–H groups in total. The predicted octanol–water partition coefficient (Wildman–Crippen LogP) is 3.28. The average molecular weight is 275 g/mol. The summed E-state index contributed by atoms with van der Waals surface area (Å²) in [4.78, 5) is 6.61. The van der Waals surface area contributed by atoms with E-state index >= 15 is 0 Å². The minimum Gasteiger partial charge on any atom is -0.368 e. The van der Waals surface area contributed by atoms with Gasteiger partial charge in [0.15, 0.2) is 0 Å². The number of hydrogen-bond acceptors (Lipinski definition) is 4. The highest BCUT2D eigenvalue weighted by molar-refractivity contribution is 7.07. The quantitative estimate of drug-likeness (QED) is 0.786. The van der Waals surface area contributed by atoms with Crippen molar-refractivity contribution in [2.24, 2.45) is 0 Å². The summed E-state index contributed by atoms with van der Waals surface area (Å²) >= 11 is 1.65. The Labute approximate surface area is 119 Å². The van der Waals surface area contributed by atoms with Crippen molar-refractivity contribution in [3.63, 3.8) is 0 Å². The van der Waals surface area contributed by atoms with Gasteiger partial charge in [0, 0.05) is 24.7 Å². The second kappa shape index (κ2) is 7.26. The van der Waals surface area contributed by atoms with Crippen LogP contribution in [0.4, 0.5) is 5.69 Å². The maximum Gasteiger partial charge on any atom is 0.0795 e. The lowest BCUT2D eigenvalue weighted by Gasteiger charge is -2.21. The molecule has 102 valence electrons. The summed E-state index contributed by atoms with van der Waals surface area (Å²) in [5.41, 5.74) is 5.63. The monoisotopic (exact) mass is 275 g/mol. The molecule has 2 rings (SSSR count). The zero-order valence-corrected chi connectivity index (χ0v) is 12.4. The molecule has 19 heavy (non-hydrogen) atoms. The molecule has 0 spiro atoms. The van der Waals surface area contributed by atoms with Gasteiger partial charge in [-0.15, -0.1) is 11.3 Å². The second-order valence-electron chi connectivity index (χ2n) is 4.64. The third-order valence-corrected chi connectivity index (χ3v) is 3.66. The Morgan fingerprint density at radius 1 is 1.32 bits per heavy atom. The topological polar surface area (TPSA) is 28.2 Å². The van der Waals surface area contributed by atoms with E-state index in [9.17, 15) is 0 Å². The smallest absolute Gasteiger partial charge is 0.0795 e. The molecule has 0 bridgehead atoms. The molecular weight excluding hydrogens is 254 g/mol. The van der Waals surface area contributed by atoms with Gasteiger partial charge in [0.1, 0.15) is 0 Å². The first-order chi connectivity index (χ1) is 9.31. The molecule has 4 heteroatoms. The van der Waals surface area contributed by atoms with Crippen molar-refractivity contribution >= 4 is 17.0 Å². The summed E-state index contributed by atoms with van der Waals surface area (Å²) in [5, 5.41) is 5.57. The van der Waals surface area contributed by atoms with Crippen molar-refractivity contribution in [3.05, 3.63) is 46.4 Å². The summed E-state index contributed by atoms with van der Waals surface area (Å²) in [6.07, 6.45) is 1.16. The van der Waals surface area contributed by atoms with E-state index in [0.29, 0.717) is 0 Å². The van der Waals surface area contributed by atoms with E-state index in [1.165, 1.54) is 11.3 Å². The number of rotatable bonds is 7. The highest BCUT2D eigenvalue weighted by Gasteiger charge is 2.08. The van der Waals surface area contributed by atoms with E-state index in [-0.39, 0.29) is 0 Å². The van der Waals surface area contributed by atoms with Gasteiger partial charge in [0.2, 0.25) is 0 Å². The molecule has 2 aromatic rings. The number of nitrogens with zero attached hydrogens (tertiary/aromatic N) is 2. The minimum absolute atomic E-state index is 0.855. The number of benzene rings is 1. The Morgan fingerprint density at radius 2 is 2.16 bits per heavy atom. The third kappa shape index (κ3) is 4.04. The van der Waals surface area contributed by atoms with Crippen LogP contribution < -0.4 is 10.2 Å². The maximum atomic E-state index is 4.35. The molecule has 0 radical (unpaired) electrons. The van der Waals surface area contributed by atoms with Crippen LogP contribution >= 0.6 is 11.3 Å². The fourth-order valence-corrected chi connectivity index (χ4v) is 2.63. The van der Waals surface area contributed by atoms with Crippen LogP contribution in [-0.2, 0) is 13.1 Å². The van der Waals surface area contributed by atoms with Crippen molar-refractivity contribution < 1.29 is 0 Å². The summed E-state index contributed by atoms with van der Waals surface area (Å²) in [6.45, 7) is 5.02. The molecule has 0 aliphatic carbocycles. The number of nitrogens with one attached hydrogen (secondary N) is 1. The van der Waals surface area contributed by atoms with Crippen molar-refractivity contribution in [2.45, 2.75) is 26.4 Å². The van der Waals surface area contributed by atoms with Gasteiger partial charge in [0.25, 0.3) is 0 Å². The lowest BCUT2D eigenvalue weighted by atomic mass is 10.1. The molecule has 0 aliphatic heterocycles. The van der Waals surface area contributed by atoms with E-state index in [0.717, 1.165) is 31.7 Å². The number of aromatic nitrogens is 1. The van der Waals surface area contributed by atoms with Crippen LogP contribution in [0.2, 0.25) is 0 Å². The Hall–Kier alpha value is -1.39. The molecule has 1 heterocycles. The van der Waals surface area contributed by atoms with Crippen LogP contribution in [0.1, 0.15) is 24.6 Å². The standard InChI is InChI=1S/C15H21N3S/c1-3-8-16-9-13-6-4-5-7-15(13)18(2)10-14-11-19-12-17-14/h4-7,11-12,16H,3,8-10H2,1-2H3. The highest BCUT2D eigenvalue weighted by atomic mass is 32.1. The van der Waals surface area contributed by atoms with Crippen LogP contribution in [0.3, 0.4) is 0 Å². The SMILES string of the molecule is CCCNCc1ccccc1N(C)Cc1cscn1. The number of hydrogen-bond donors (Lipinski definition) is 1. The lowest BCUT2D eigenvalue weighted by molar-refractivity contribution is 0.673. The normalized spacial score (nSPS) is 10.6. The lowest BCUT2D eigenvalue weighted by Crippen LogP contribution is -2.21. The largest absolute Gasteiger partial charge is 0.368 e. The molecule has 0 unspecified atom stereocenters. The third-order valence-electron chi connectivity index (χ3n) is 3.03. The van der Waals surface area contributed by atoms with E-state index < -0.39 is 0 Å². The van der Waals surface area contributed by atoms with Gasteiger partial charge in [-0.3, -0.25) is 0 Å². The van der Waals surface area contributed by atoms with Gasteiger partial charge in [-0.2, -0.15) is 0 Å². The van der Waals surface area contributed by atoms with Crippen LogP contribution in [0, 0.1) is 0 Å². The Morgan fingerprint density at radius 3 is 2.89 bits per heavy atom. The summed E-state index contributed by atoms with van der Waals surface area (Å²) in [5.74, 6) is 0. The van der Waals surface area contributed by atoms with Crippen molar-refractivity contribution in [2.75, 3.05) is 18.5 Å². The Kier molecular flexibility index (Phi) is 5.36. The molecule has 1 aromatic carbocycles. The molecule has 1 aromatic heterocycles. The fraction of sp³-hybridized carbons (Fsp3) is 0.400. The molecule has 0 fully saturated rings. The molecule has 3 nitrogen and oxygen atoms in total. The molecule has 0 saturated carbocycles. The van der Waals surface area contributed by atoms with Crippen molar-refractivity contribution in [3.8, 4) is 0 Å². The van der Waals surface area contributed by atoms with Crippen molar-refractivity contribution in [1.29, 1.82) is 0 Å². The number of thiazole rings is 1. The number of para-hydroxylation sites is 1. The summed E-state index contributed by atoms with van der Waals surface area (Å²) in [7, 11) is 2.12. The van der Waals surface area contributed by atoms with Crippen LogP contribution in [0.25, 0.3) is 0 Å². The maximum absolute atomic E-state index is 4.35. The molecular formula is C15H21N3S. The minimum atomic E-state index is 0.855. The van der Waals surface area contributed by atoms with E-state index in [4.69, 9.17) is 0 Å². The first kappa shape index (κ1) is 14.0. The van der Waals surface area contributed by atoms with Crippen molar-refractivity contribution in [1.82, 2.24) is 10.3 Å². The fourth-order valence-electron chi connectivity index (χ4n) is 2.08. The number of anilines is 1. The van der Waals surface area contributed by atoms with E-state index in [2.05, 4.69) is 58.8 Å². The van der Waals surface area contributed by atoms with Crippen LogP contribution in [-0.4, -0.2) is 18.6 Å². The van der Waals surface area contributed by atoms with Gasteiger partial charge in [-0.05, 0) is 24.6 Å². The van der Waals surface area contributed by atoms with Gasteiger partial charge in [-0.1, -0.05) is 25.1 Å². The average Bonchev–Trinajstić information content (AvgIpc) is 2.92. The summed E-state index contributed by atoms with van der Waals surface area (Å²) in [6, 6.07) is 8.56. The zero-order chi connectivity index (χ0) is 13.5. The Balaban J connectivity index is 2.05. The molecule has 0 aliphatic rings. The summed E-state index contributed by atoms with van der Waals surface area (Å²) < 4.78 is 0. The highest BCUT2D eigenvalue weighted by Crippen LogP contribution is 2.20. The van der Waals surface area contributed by atoms with E-state index in [1.54, 1.807) is 11.3 Å². The predicted molar refractivity (Wildman–Crippen MR) is 82.7 cm³/mol.